The van der Waals surface area contributed by atoms with E-state index in [9.17, 15) is 0 Å². The SMILES string of the molecule is COc1ccc(CC(C)N)cc1Cn1cncn1. The number of nitrogens with two attached hydrogens (primary N) is 1. The summed E-state index contributed by atoms with van der Waals surface area (Å²) in [7, 11) is 1.67. The highest BCUT2D eigenvalue weighted by Gasteiger charge is 2.07. The summed E-state index contributed by atoms with van der Waals surface area (Å²) in [5, 5.41) is 4.10. The Morgan fingerprint density at radius 2 is 2.28 bits per heavy atom. The Morgan fingerprint density at radius 1 is 1.44 bits per heavy atom. The zero-order valence-electron chi connectivity index (χ0n) is 10.7. The smallest absolute Gasteiger partial charge is 0.137 e. The topological polar surface area (TPSA) is 66.0 Å². The van der Waals surface area contributed by atoms with Gasteiger partial charge in [0, 0.05) is 11.6 Å². The summed E-state index contributed by atoms with van der Waals surface area (Å²) < 4.78 is 7.13. The third-order valence-electron chi connectivity index (χ3n) is 2.70. The van der Waals surface area contributed by atoms with Crippen molar-refractivity contribution in [2.45, 2.75) is 25.9 Å². The Kier molecular flexibility index (Phi) is 3.94. The second kappa shape index (κ2) is 5.64. The summed E-state index contributed by atoms with van der Waals surface area (Å²) in [6.07, 6.45) is 4.07. The normalized spacial score (nSPS) is 12.4. The van der Waals surface area contributed by atoms with Crippen LogP contribution in [-0.4, -0.2) is 27.9 Å². The Bertz CT molecular complexity index is 494. The zero-order valence-corrected chi connectivity index (χ0v) is 10.7. The quantitative estimate of drug-likeness (QED) is 0.861. The number of methoxy groups -OCH3 is 1. The molecule has 0 bridgehead atoms. The molecule has 2 aromatic rings. The molecule has 0 amide bonds. The largest absolute Gasteiger partial charge is 0.496 e. The Hall–Kier alpha value is -1.88. The van der Waals surface area contributed by atoms with Crippen LogP contribution in [0.15, 0.2) is 30.9 Å². The van der Waals surface area contributed by atoms with Crippen LogP contribution in [0.1, 0.15) is 18.1 Å². The van der Waals surface area contributed by atoms with Gasteiger partial charge >= 0.3 is 0 Å². The second-order valence-electron chi connectivity index (χ2n) is 4.42. The summed E-state index contributed by atoms with van der Waals surface area (Å²) in [5.41, 5.74) is 8.12. The van der Waals surface area contributed by atoms with E-state index in [2.05, 4.69) is 16.1 Å². The lowest BCUT2D eigenvalue weighted by molar-refractivity contribution is 0.407. The third-order valence-corrected chi connectivity index (χ3v) is 2.70. The molecule has 18 heavy (non-hydrogen) atoms. The first-order valence-electron chi connectivity index (χ1n) is 5.93. The van der Waals surface area contributed by atoms with E-state index in [1.807, 2.05) is 19.1 Å². The Balaban J connectivity index is 2.24. The number of benzene rings is 1. The average molecular weight is 246 g/mol. The van der Waals surface area contributed by atoms with Gasteiger partial charge in [0.1, 0.15) is 18.4 Å². The Morgan fingerprint density at radius 3 is 2.89 bits per heavy atom. The molecule has 2 rings (SSSR count). The van der Waals surface area contributed by atoms with Crippen LogP contribution in [0.2, 0.25) is 0 Å². The molecule has 0 spiro atoms. The standard InChI is InChI=1S/C13H18N4O/c1-10(14)5-11-3-4-13(18-2)12(6-11)7-17-9-15-8-16-17/h3-4,6,8-10H,5,7,14H2,1-2H3. The maximum absolute atomic E-state index is 5.82. The van der Waals surface area contributed by atoms with Crippen molar-refractivity contribution >= 4 is 0 Å². The van der Waals surface area contributed by atoms with Gasteiger partial charge in [-0.25, -0.2) is 9.67 Å². The number of hydrogen-bond donors (Lipinski definition) is 1. The monoisotopic (exact) mass is 246 g/mol. The van der Waals surface area contributed by atoms with E-state index in [0.717, 1.165) is 17.7 Å². The summed E-state index contributed by atoms with van der Waals surface area (Å²) in [4.78, 5) is 3.94. The predicted octanol–water partition coefficient (Wildman–Crippen LogP) is 1.22. The van der Waals surface area contributed by atoms with Gasteiger partial charge in [-0.2, -0.15) is 5.10 Å². The van der Waals surface area contributed by atoms with E-state index in [-0.39, 0.29) is 6.04 Å². The third kappa shape index (κ3) is 3.07. The van der Waals surface area contributed by atoms with E-state index in [4.69, 9.17) is 10.5 Å². The number of ether oxygens (including phenoxy) is 1. The first-order chi connectivity index (χ1) is 8.69. The number of aromatic nitrogens is 3. The van der Waals surface area contributed by atoms with Crippen LogP contribution in [-0.2, 0) is 13.0 Å². The van der Waals surface area contributed by atoms with Crippen LogP contribution in [0, 0.1) is 0 Å². The van der Waals surface area contributed by atoms with Crippen LogP contribution < -0.4 is 10.5 Å². The summed E-state index contributed by atoms with van der Waals surface area (Å²) >= 11 is 0. The lowest BCUT2D eigenvalue weighted by Crippen LogP contribution is -2.18. The molecule has 0 fully saturated rings. The van der Waals surface area contributed by atoms with Gasteiger partial charge in [-0.15, -0.1) is 0 Å². The molecule has 5 heteroatoms. The summed E-state index contributed by atoms with van der Waals surface area (Å²) in [6, 6.07) is 6.29. The Labute approximate surface area is 107 Å². The van der Waals surface area contributed by atoms with Crippen LogP contribution in [0.25, 0.3) is 0 Å². The van der Waals surface area contributed by atoms with E-state index in [0.29, 0.717) is 6.54 Å². The van der Waals surface area contributed by atoms with Gasteiger partial charge in [0.25, 0.3) is 0 Å². The molecule has 1 unspecified atom stereocenters. The maximum Gasteiger partial charge on any atom is 0.137 e. The number of rotatable bonds is 5. The van der Waals surface area contributed by atoms with Gasteiger partial charge in [-0.05, 0) is 25.0 Å². The van der Waals surface area contributed by atoms with Crippen molar-refractivity contribution in [2.24, 2.45) is 5.73 Å². The molecule has 5 nitrogen and oxygen atoms in total. The molecule has 1 aromatic carbocycles. The lowest BCUT2D eigenvalue weighted by Gasteiger charge is -2.12. The average Bonchev–Trinajstić information content (AvgIpc) is 2.81. The minimum absolute atomic E-state index is 0.151. The van der Waals surface area contributed by atoms with Crippen LogP contribution >= 0.6 is 0 Å². The molecular formula is C13H18N4O. The van der Waals surface area contributed by atoms with Crippen molar-refractivity contribution in [3.63, 3.8) is 0 Å². The van der Waals surface area contributed by atoms with Gasteiger partial charge in [0.05, 0.1) is 13.7 Å². The molecule has 1 aromatic heterocycles. The van der Waals surface area contributed by atoms with Gasteiger partial charge in [-0.1, -0.05) is 12.1 Å². The highest BCUT2D eigenvalue weighted by molar-refractivity contribution is 5.37. The van der Waals surface area contributed by atoms with Gasteiger partial charge in [0.2, 0.25) is 0 Å². The lowest BCUT2D eigenvalue weighted by atomic mass is 10.0. The van der Waals surface area contributed by atoms with Gasteiger partial charge in [0.15, 0.2) is 0 Å². The minimum atomic E-state index is 0.151. The number of nitrogens with zero attached hydrogens (tertiary/aromatic N) is 3. The summed E-state index contributed by atoms with van der Waals surface area (Å²) in [5.74, 6) is 0.860. The second-order valence-corrected chi connectivity index (χ2v) is 4.42. The van der Waals surface area contributed by atoms with Crippen LogP contribution in [0.5, 0.6) is 5.75 Å². The predicted molar refractivity (Wildman–Crippen MR) is 69.5 cm³/mol. The first-order valence-corrected chi connectivity index (χ1v) is 5.93. The van der Waals surface area contributed by atoms with Crippen LogP contribution in [0.3, 0.4) is 0 Å². The molecule has 0 radical (unpaired) electrons. The fraction of sp³-hybridized carbons (Fsp3) is 0.385. The summed E-state index contributed by atoms with van der Waals surface area (Å²) in [6.45, 7) is 2.65. The molecular weight excluding hydrogens is 228 g/mol. The molecule has 0 aliphatic carbocycles. The van der Waals surface area contributed by atoms with E-state index in [1.54, 1.807) is 18.1 Å². The van der Waals surface area contributed by atoms with Crippen molar-refractivity contribution in [2.75, 3.05) is 7.11 Å². The minimum Gasteiger partial charge on any atom is -0.496 e. The van der Waals surface area contributed by atoms with Gasteiger partial charge in [-0.3, -0.25) is 0 Å². The van der Waals surface area contributed by atoms with E-state index >= 15 is 0 Å². The molecule has 0 aliphatic heterocycles. The molecule has 96 valence electrons. The first kappa shape index (κ1) is 12.6. The van der Waals surface area contributed by atoms with Crippen molar-refractivity contribution in [1.29, 1.82) is 0 Å². The van der Waals surface area contributed by atoms with E-state index < -0.39 is 0 Å². The molecule has 2 N–H and O–H groups in total. The fourth-order valence-corrected chi connectivity index (χ4v) is 1.94. The van der Waals surface area contributed by atoms with Gasteiger partial charge < -0.3 is 10.5 Å². The molecule has 1 atom stereocenters. The fourth-order valence-electron chi connectivity index (χ4n) is 1.94. The molecule has 0 aliphatic rings. The molecule has 1 heterocycles. The molecule has 0 saturated carbocycles. The van der Waals surface area contributed by atoms with Crippen molar-refractivity contribution in [3.8, 4) is 5.75 Å². The zero-order chi connectivity index (χ0) is 13.0. The highest BCUT2D eigenvalue weighted by atomic mass is 16.5. The van der Waals surface area contributed by atoms with Crippen molar-refractivity contribution < 1.29 is 4.74 Å². The van der Waals surface area contributed by atoms with Crippen molar-refractivity contribution in [1.82, 2.24) is 14.8 Å². The van der Waals surface area contributed by atoms with Crippen molar-refractivity contribution in [3.05, 3.63) is 42.0 Å². The number of hydrogen-bond acceptors (Lipinski definition) is 4. The van der Waals surface area contributed by atoms with Crippen LogP contribution in [0.4, 0.5) is 0 Å². The van der Waals surface area contributed by atoms with E-state index in [1.165, 1.54) is 11.9 Å². The highest BCUT2D eigenvalue weighted by Crippen LogP contribution is 2.21. The maximum atomic E-state index is 5.82. The molecule has 0 saturated heterocycles.